The molecule has 0 spiro atoms. The fraction of sp³-hybridized carbons (Fsp3) is 0.211. The van der Waals surface area contributed by atoms with Gasteiger partial charge < -0.3 is 9.47 Å². The molecule has 0 aromatic heterocycles. The van der Waals surface area contributed by atoms with Crippen LogP contribution in [0.3, 0.4) is 0 Å². The van der Waals surface area contributed by atoms with E-state index < -0.39 is 5.97 Å². The summed E-state index contributed by atoms with van der Waals surface area (Å²) in [5.74, 6) is 0.896. The molecule has 0 aliphatic rings. The van der Waals surface area contributed by atoms with Gasteiger partial charge in [-0.3, -0.25) is 0 Å². The van der Waals surface area contributed by atoms with Gasteiger partial charge in [0.15, 0.2) is 0 Å². The van der Waals surface area contributed by atoms with Gasteiger partial charge in [-0.15, -0.1) is 0 Å². The Labute approximate surface area is 131 Å². The van der Waals surface area contributed by atoms with E-state index in [0.29, 0.717) is 5.75 Å². The predicted octanol–water partition coefficient (Wildman–Crippen LogP) is 4.11. The van der Waals surface area contributed by atoms with Crippen LogP contribution in [0.5, 0.6) is 11.5 Å². The van der Waals surface area contributed by atoms with Crippen LogP contribution in [-0.4, -0.2) is 13.1 Å². The second-order valence-corrected chi connectivity index (χ2v) is 5.50. The highest BCUT2D eigenvalue weighted by molar-refractivity contribution is 5.83. The molecule has 0 atom stereocenters. The maximum atomic E-state index is 11.2. The summed E-state index contributed by atoms with van der Waals surface area (Å²) in [5.41, 5.74) is 2.16. The summed E-state index contributed by atoms with van der Waals surface area (Å²) in [6, 6.07) is 15.6. The van der Waals surface area contributed by atoms with E-state index in [1.54, 1.807) is 19.2 Å². The molecule has 0 bridgehead atoms. The van der Waals surface area contributed by atoms with Gasteiger partial charge in [-0.1, -0.05) is 44.7 Å². The molecule has 114 valence electrons. The number of esters is 1. The summed E-state index contributed by atoms with van der Waals surface area (Å²) in [5, 5.41) is 0. The summed E-state index contributed by atoms with van der Waals surface area (Å²) in [7, 11) is 1.66. The molecule has 0 aliphatic heterocycles. The zero-order valence-electron chi connectivity index (χ0n) is 13.1. The molecule has 0 saturated heterocycles. The van der Waals surface area contributed by atoms with Gasteiger partial charge in [0, 0.05) is 11.5 Å². The van der Waals surface area contributed by atoms with E-state index in [0.717, 1.165) is 17.4 Å². The molecular formula is C19H20O3. The molecule has 22 heavy (non-hydrogen) atoms. The standard InChI is InChI=1S/C19H20O3/c1-5-18(20)22-17-12-8-15(9-13-17)19(2,3)14-6-10-16(21-4)11-7-14/h5-13H,1H2,2-4H3. The van der Waals surface area contributed by atoms with Crippen molar-refractivity contribution in [3.8, 4) is 11.5 Å². The summed E-state index contributed by atoms with van der Waals surface area (Å²) in [6.45, 7) is 7.69. The largest absolute Gasteiger partial charge is 0.497 e. The van der Waals surface area contributed by atoms with Gasteiger partial charge in [-0.05, 0) is 35.4 Å². The van der Waals surface area contributed by atoms with Gasteiger partial charge in [-0.25, -0.2) is 4.79 Å². The number of hydrogen-bond acceptors (Lipinski definition) is 3. The van der Waals surface area contributed by atoms with Crippen molar-refractivity contribution in [3.63, 3.8) is 0 Å². The van der Waals surface area contributed by atoms with Crippen molar-refractivity contribution in [2.24, 2.45) is 0 Å². The third-order valence-corrected chi connectivity index (χ3v) is 3.77. The van der Waals surface area contributed by atoms with Gasteiger partial charge in [0.25, 0.3) is 0 Å². The summed E-state index contributed by atoms with van der Waals surface area (Å²) >= 11 is 0. The Bertz CT molecular complexity index is 652. The molecule has 0 fully saturated rings. The van der Waals surface area contributed by atoms with E-state index in [4.69, 9.17) is 9.47 Å². The lowest BCUT2D eigenvalue weighted by atomic mass is 9.78. The lowest BCUT2D eigenvalue weighted by Gasteiger charge is -2.26. The van der Waals surface area contributed by atoms with Crippen molar-refractivity contribution in [3.05, 3.63) is 72.3 Å². The SMILES string of the molecule is C=CC(=O)Oc1ccc(C(C)(C)c2ccc(OC)cc2)cc1. The number of carbonyl (C=O) groups is 1. The van der Waals surface area contributed by atoms with E-state index in [9.17, 15) is 4.79 Å². The van der Waals surface area contributed by atoms with E-state index in [2.05, 4.69) is 32.6 Å². The third kappa shape index (κ3) is 3.37. The van der Waals surface area contributed by atoms with E-state index in [1.165, 1.54) is 5.56 Å². The number of benzene rings is 2. The topological polar surface area (TPSA) is 35.5 Å². The number of rotatable bonds is 5. The number of methoxy groups -OCH3 is 1. The second-order valence-electron chi connectivity index (χ2n) is 5.50. The molecule has 2 aromatic carbocycles. The van der Waals surface area contributed by atoms with Crippen molar-refractivity contribution in [2.45, 2.75) is 19.3 Å². The van der Waals surface area contributed by atoms with Crippen molar-refractivity contribution < 1.29 is 14.3 Å². The molecule has 3 heteroatoms. The Morgan fingerprint density at radius 3 is 1.82 bits per heavy atom. The smallest absolute Gasteiger partial charge is 0.335 e. The van der Waals surface area contributed by atoms with Crippen molar-refractivity contribution in [2.75, 3.05) is 7.11 Å². The first-order chi connectivity index (χ1) is 10.5. The van der Waals surface area contributed by atoms with Crippen molar-refractivity contribution in [1.29, 1.82) is 0 Å². The Kier molecular flexibility index (Phi) is 4.66. The van der Waals surface area contributed by atoms with Crippen LogP contribution in [0.4, 0.5) is 0 Å². The van der Waals surface area contributed by atoms with Crippen molar-refractivity contribution in [1.82, 2.24) is 0 Å². The molecule has 2 rings (SSSR count). The van der Waals surface area contributed by atoms with Gasteiger partial charge in [0.05, 0.1) is 7.11 Å². The first-order valence-electron chi connectivity index (χ1n) is 7.06. The Morgan fingerprint density at radius 1 is 0.955 bits per heavy atom. The maximum absolute atomic E-state index is 11.2. The van der Waals surface area contributed by atoms with Gasteiger partial charge in [-0.2, -0.15) is 0 Å². The average Bonchev–Trinajstić information content (AvgIpc) is 2.55. The van der Waals surface area contributed by atoms with Gasteiger partial charge in [0.1, 0.15) is 11.5 Å². The van der Waals surface area contributed by atoms with Gasteiger partial charge in [0.2, 0.25) is 0 Å². The summed E-state index contributed by atoms with van der Waals surface area (Å²) in [6.07, 6.45) is 1.15. The molecule has 0 unspecified atom stereocenters. The predicted molar refractivity (Wildman–Crippen MR) is 87.4 cm³/mol. The molecule has 0 radical (unpaired) electrons. The average molecular weight is 296 g/mol. The minimum atomic E-state index is -0.456. The Morgan fingerprint density at radius 2 is 1.41 bits per heavy atom. The fourth-order valence-electron chi connectivity index (χ4n) is 2.27. The minimum Gasteiger partial charge on any atom is -0.497 e. The van der Waals surface area contributed by atoms with Crippen LogP contribution in [0, 0.1) is 0 Å². The monoisotopic (exact) mass is 296 g/mol. The number of ether oxygens (including phenoxy) is 2. The lowest BCUT2D eigenvalue weighted by Crippen LogP contribution is -2.18. The highest BCUT2D eigenvalue weighted by Gasteiger charge is 2.23. The highest BCUT2D eigenvalue weighted by Crippen LogP contribution is 2.33. The lowest BCUT2D eigenvalue weighted by molar-refractivity contribution is -0.128. The summed E-state index contributed by atoms with van der Waals surface area (Å²) < 4.78 is 10.3. The molecule has 0 aliphatic carbocycles. The quantitative estimate of drug-likeness (QED) is 0.473. The molecule has 0 heterocycles. The van der Waals surface area contributed by atoms with Gasteiger partial charge >= 0.3 is 5.97 Å². The zero-order valence-corrected chi connectivity index (χ0v) is 13.1. The normalized spacial score (nSPS) is 10.9. The first kappa shape index (κ1) is 15.8. The van der Waals surface area contributed by atoms with E-state index >= 15 is 0 Å². The maximum Gasteiger partial charge on any atom is 0.335 e. The molecule has 2 aromatic rings. The third-order valence-electron chi connectivity index (χ3n) is 3.77. The molecular weight excluding hydrogens is 276 g/mol. The molecule has 0 amide bonds. The molecule has 0 N–H and O–H groups in total. The fourth-order valence-corrected chi connectivity index (χ4v) is 2.27. The summed E-state index contributed by atoms with van der Waals surface area (Å²) in [4.78, 5) is 11.2. The van der Waals surface area contributed by atoms with E-state index in [1.807, 2.05) is 24.3 Å². The second kappa shape index (κ2) is 6.48. The number of hydrogen-bond donors (Lipinski definition) is 0. The number of carbonyl (C=O) groups excluding carboxylic acids is 1. The van der Waals surface area contributed by atoms with Crippen LogP contribution in [-0.2, 0) is 10.2 Å². The molecule has 0 saturated carbocycles. The Hall–Kier alpha value is -2.55. The first-order valence-corrected chi connectivity index (χ1v) is 7.06. The van der Waals surface area contributed by atoms with Crippen LogP contribution in [0.25, 0.3) is 0 Å². The van der Waals surface area contributed by atoms with Crippen LogP contribution >= 0.6 is 0 Å². The van der Waals surface area contributed by atoms with Crippen LogP contribution < -0.4 is 9.47 Å². The van der Waals surface area contributed by atoms with Crippen LogP contribution in [0.15, 0.2) is 61.2 Å². The highest BCUT2D eigenvalue weighted by atomic mass is 16.5. The minimum absolute atomic E-state index is 0.159. The Balaban J connectivity index is 2.24. The van der Waals surface area contributed by atoms with E-state index in [-0.39, 0.29) is 5.41 Å². The van der Waals surface area contributed by atoms with Crippen LogP contribution in [0.1, 0.15) is 25.0 Å². The zero-order chi connectivity index (χ0) is 16.2. The molecule has 3 nitrogen and oxygen atoms in total. The van der Waals surface area contributed by atoms with Crippen LogP contribution in [0.2, 0.25) is 0 Å². The van der Waals surface area contributed by atoms with Crippen molar-refractivity contribution >= 4 is 5.97 Å².